The summed E-state index contributed by atoms with van der Waals surface area (Å²) in [4.78, 5) is 2.17. The van der Waals surface area contributed by atoms with Gasteiger partial charge in [-0.1, -0.05) is 0 Å². The van der Waals surface area contributed by atoms with Crippen LogP contribution in [0.1, 0.15) is 19.3 Å². The molecule has 0 spiro atoms. The van der Waals surface area contributed by atoms with Crippen LogP contribution in [-0.4, -0.2) is 32.4 Å². The maximum atomic E-state index is 8.70. The first-order valence-electron chi connectivity index (χ1n) is 5.94. The molecular weight excluding hydrogens is 216 g/mol. The van der Waals surface area contributed by atoms with Gasteiger partial charge in [0.2, 0.25) is 0 Å². The number of unbranched alkanes of at least 4 members (excludes halogenated alkanes) is 2. The molecule has 4 heteroatoms. The van der Waals surface area contributed by atoms with E-state index < -0.39 is 0 Å². The van der Waals surface area contributed by atoms with Crippen LogP contribution in [0.15, 0.2) is 18.2 Å². The Bertz CT molecular complexity index is 342. The highest BCUT2D eigenvalue weighted by Gasteiger charge is 2.04. The van der Waals surface area contributed by atoms with Gasteiger partial charge in [-0.2, -0.15) is 0 Å². The molecule has 0 aromatic heterocycles. The minimum atomic E-state index is 0.277. The molecule has 0 aliphatic carbocycles. The van der Waals surface area contributed by atoms with Gasteiger partial charge in [-0.05, 0) is 31.4 Å². The molecule has 0 unspecified atom stereocenters. The Kier molecular flexibility index (Phi) is 5.63. The summed E-state index contributed by atoms with van der Waals surface area (Å²) in [6.45, 7) is 1.24. The van der Waals surface area contributed by atoms with Crippen LogP contribution < -0.4 is 15.4 Å². The molecule has 96 valence electrons. The molecule has 1 rings (SSSR count). The zero-order valence-corrected chi connectivity index (χ0v) is 10.6. The van der Waals surface area contributed by atoms with Gasteiger partial charge >= 0.3 is 0 Å². The number of nitrogens with zero attached hydrogens (tertiary/aromatic N) is 1. The molecular formula is C13H22N2O2. The van der Waals surface area contributed by atoms with Gasteiger partial charge in [0.15, 0.2) is 0 Å². The summed E-state index contributed by atoms with van der Waals surface area (Å²) >= 11 is 0. The summed E-state index contributed by atoms with van der Waals surface area (Å²) in [6, 6.07) is 5.80. The predicted molar refractivity (Wildman–Crippen MR) is 71.6 cm³/mol. The van der Waals surface area contributed by atoms with Crippen LogP contribution in [0.4, 0.5) is 11.4 Å². The van der Waals surface area contributed by atoms with Gasteiger partial charge in [0.05, 0.1) is 12.8 Å². The molecule has 0 bridgehead atoms. The van der Waals surface area contributed by atoms with E-state index in [0.717, 1.165) is 31.5 Å². The van der Waals surface area contributed by atoms with Crippen molar-refractivity contribution >= 4 is 11.4 Å². The molecule has 3 N–H and O–H groups in total. The molecule has 0 fully saturated rings. The van der Waals surface area contributed by atoms with E-state index in [2.05, 4.69) is 4.90 Å². The molecule has 0 atom stereocenters. The Morgan fingerprint density at radius 1 is 1.29 bits per heavy atom. The maximum Gasteiger partial charge on any atom is 0.143 e. The van der Waals surface area contributed by atoms with Gasteiger partial charge in [0.1, 0.15) is 5.75 Å². The molecule has 0 radical (unpaired) electrons. The first-order chi connectivity index (χ1) is 8.19. The quantitative estimate of drug-likeness (QED) is 0.562. The number of ether oxygens (including phenoxy) is 1. The van der Waals surface area contributed by atoms with Gasteiger partial charge in [0.25, 0.3) is 0 Å². The van der Waals surface area contributed by atoms with Crippen molar-refractivity contribution in [2.24, 2.45) is 0 Å². The monoisotopic (exact) mass is 238 g/mol. The van der Waals surface area contributed by atoms with Gasteiger partial charge in [-0.25, -0.2) is 0 Å². The molecule has 0 aliphatic heterocycles. The molecule has 0 amide bonds. The first-order valence-corrected chi connectivity index (χ1v) is 5.94. The fourth-order valence-corrected chi connectivity index (χ4v) is 1.70. The zero-order valence-electron chi connectivity index (χ0n) is 10.6. The third-order valence-corrected chi connectivity index (χ3v) is 2.81. The molecule has 0 saturated heterocycles. The standard InChI is InChI=1S/C13H22N2O2/c1-15(8-4-3-5-9-16)11-6-7-12(14)13(10-11)17-2/h6-7,10,16H,3-5,8-9,14H2,1-2H3. The number of aliphatic hydroxyl groups is 1. The maximum absolute atomic E-state index is 8.70. The van der Waals surface area contributed by atoms with E-state index in [1.54, 1.807) is 7.11 Å². The Morgan fingerprint density at radius 3 is 2.71 bits per heavy atom. The summed E-state index contributed by atoms with van der Waals surface area (Å²) in [5.41, 5.74) is 7.52. The van der Waals surface area contributed by atoms with Crippen LogP contribution in [0.3, 0.4) is 0 Å². The number of rotatable bonds is 7. The Labute approximate surface area is 103 Å². The molecule has 0 heterocycles. The van der Waals surface area contributed by atoms with Crippen LogP contribution in [0.2, 0.25) is 0 Å². The van der Waals surface area contributed by atoms with Crippen molar-refractivity contribution in [3.8, 4) is 5.75 Å². The fourth-order valence-electron chi connectivity index (χ4n) is 1.70. The third-order valence-electron chi connectivity index (χ3n) is 2.81. The molecule has 17 heavy (non-hydrogen) atoms. The Morgan fingerprint density at radius 2 is 2.06 bits per heavy atom. The van der Waals surface area contributed by atoms with E-state index in [0.29, 0.717) is 11.4 Å². The van der Waals surface area contributed by atoms with E-state index in [4.69, 9.17) is 15.6 Å². The van der Waals surface area contributed by atoms with Crippen LogP contribution in [-0.2, 0) is 0 Å². The molecule has 4 nitrogen and oxygen atoms in total. The number of hydrogen-bond donors (Lipinski definition) is 2. The zero-order chi connectivity index (χ0) is 12.7. The molecule has 1 aromatic rings. The minimum absolute atomic E-state index is 0.277. The fraction of sp³-hybridized carbons (Fsp3) is 0.538. The van der Waals surface area contributed by atoms with Crippen molar-refractivity contribution in [1.82, 2.24) is 0 Å². The lowest BCUT2D eigenvalue weighted by atomic mass is 10.2. The lowest BCUT2D eigenvalue weighted by Crippen LogP contribution is -2.18. The van der Waals surface area contributed by atoms with Gasteiger partial charge in [-0.3, -0.25) is 0 Å². The van der Waals surface area contributed by atoms with E-state index in [1.165, 1.54) is 0 Å². The first kappa shape index (κ1) is 13.6. The topological polar surface area (TPSA) is 58.7 Å². The van der Waals surface area contributed by atoms with Crippen LogP contribution >= 0.6 is 0 Å². The second kappa shape index (κ2) is 7.01. The lowest BCUT2D eigenvalue weighted by molar-refractivity contribution is 0.283. The highest BCUT2D eigenvalue weighted by Crippen LogP contribution is 2.26. The second-order valence-corrected chi connectivity index (χ2v) is 4.13. The van der Waals surface area contributed by atoms with Crippen molar-refractivity contribution in [1.29, 1.82) is 0 Å². The normalized spacial score (nSPS) is 10.3. The number of nitrogen functional groups attached to an aromatic ring is 1. The van der Waals surface area contributed by atoms with Gasteiger partial charge < -0.3 is 20.5 Å². The summed E-state index contributed by atoms with van der Waals surface area (Å²) in [5, 5.41) is 8.70. The average molecular weight is 238 g/mol. The summed E-state index contributed by atoms with van der Waals surface area (Å²) in [6.07, 6.45) is 3.00. The average Bonchev–Trinajstić information content (AvgIpc) is 2.35. The third kappa shape index (κ3) is 4.15. The Balaban J connectivity index is 2.53. The smallest absolute Gasteiger partial charge is 0.143 e. The summed E-state index contributed by atoms with van der Waals surface area (Å²) in [7, 11) is 3.67. The number of aliphatic hydroxyl groups excluding tert-OH is 1. The van der Waals surface area contributed by atoms with Crippen molar-refractivity contribution in [3.05, 3.63) is 18.2 Å². The second-order valence-electron chi connectivity index (χ2n) is 4.13. The summed E-state index contributed by atoms with van der Waals surface area (Å²) in [5.74, 6) is 0.713. The summed E-state index contributed by atoms with van der Waals surface area (Å²) < 4.78 is 5.19. The van der Waals surface area contributed by atoms with Gasteiger partial charge in [0, 0.05) is 32.0 Å². The largest absolute Gasteiger partial charge is 0.495 e. The highest BCUT2D eigenvalue weighted by atomic mass is 16.5. The SMILES string of the molecule is COc1cc(N(C)CCCCCO)ccc1N. The number of hydrogen-bond acceptors (Lipinski definition) is 4. The number of methoxy groups -OCH3 is 1. The van der Waals surface area contributed by atoms with Crippen LogP contribution in [0, 0.1) is 0 Å². The van der Waals surface area contributed by atoms with E-state index in [1.807, 2.05) is 25.2 Å². The highest BCUT2D eigenvalue weighted by molar-refractivity contribution is 5.62. The lowest BCUT2D eigenvalue weighted by Gasteiger charge is -2.20. The van der Waals surface area contributed by atoms with E-state index in [-0.39, 0.29) is 6.61 Å². The predicted octanol–water partition coefficient (Wildman–Crippen LogP) is 1.88. The molecule has 1 aromatic carbocycles. The minimum Gasteiger partial charge on any atom is -0.495 e. The van der Waals surface area contributed by atoms with E-state index in [9.17, 15) is 0 Å². The van der Waals surface area contributed by atoms with Crippen molar-refractivity contribution in [3.63, 3.8) is 0 Å². The van der Waals surface area contributed by atoms with Gasteiger partial charge in [-0.15, -0.1) is 0 Å². The number of anilines is 2. The van der Waals surface area contributed by atoms with Crippen LogP contribution in [0.5, 0.6) is 5.75 Å². The number of benzene rings is 1. The Hall–Kier alpha value is -1.42. The van der Waals surface area contributed by atoms with Crippen molar-refractivity contribution in [2.75, 3.05) is 37.9 Å². The molecule has 0 aliphatic rings. The van der Waals surface area contributed by atoms with Crippen molar-refractivity contribution in [2.45, 2.75) is 19.3 Å². The van der Waals surface area contributed by atoms with Crippen LogP contribution in [0.25, 0.3) is 0 Å². The van der Waals surface area contributed by atoms with E-state index >= 15 is 0 Å². The number of nitrogens with two attached hydrogens (primary N) is 1. The molecule has 0 saturated carbocycles. The van der Waals surface area contributed by atoms with Crippen molar-refractivity contribution < 1.29 is 9.84 Å².